The van der Waals surface area contributed by atoms with E-state index in [1.807, 2.05) is 38.1 Å². The third kappa shape index (κ3) is 3.32. The summed E-state index contributed by atoms with van der Waals surface area (Å²) in [6, 6.07) is 9.50. The molecule has 0 spiro atoms. The Hall–Kier alpha value is -3.02. The standard InChI is InChI=1S/C18H19N5O/c1-3-14-10-19-8-7-17(14)18(24)22-13(2)15-5-4-6-16(9-15)23-12-20-11-21-23/h4-13H,3H2,1-2H3,(H,22,24)/t13-/m1/s1. The first-order valence-corrected chi connectivity index (χ1v) is 7.87. The van der Waals surface area contributed by atoms with Crippen molar-refractivity contribution >= 4 is 5.91 Å². The SMILES string of the molecule is CCc1cnccc1C(=O)N[C@H](C)c1cccc(-n2cncn2)c1. The quantitative estimate of drug-likeness (QED) is 0.784. The van der Waals surface area contributed by atoms with E-state index in [2.05, 4.69) is 20.4 Å². The molecule has 1 N–H and O–H groups in total. The van der Waals surface area contributed by atoms with Crippen LogP contribution in [0.2, 0.25) is 0 Å². The number of nitrogens with zero attached hydrogens (tertiary/aromatic N) is 4. The molecule has 1 amide bonds. The topological polar surface area (TPSA) is 72.7 Å². The normalized spacial score (nSPS) is 11.9. The average Bonchev–Trinajstić information content (AvgIpc) is 3.16. The van der Waals surface area contributed by atoms with Gasteiger partial charge in [0.25, 0.3) is 5.91 Å². The fourth-order valence-electron chi connectivity index (χ4n) is 2.57. The number of rotatable bonds is 5. The van der Waals surface area contributed by atoms with Gasteiger partial charge in [-0.3, -0.25) is 9.78 Å². The van der Waals surface area contributed by atoms with Crippen molar-refractivity contribution in [2.45, 2.75) is 26.3 Å². The van der Waals surface area contributed by atoms with Crippen molar-refractivity contribution in [1.29, 1.82) is 0 Å². The first-order chi connectivity index (χ1) is 11.7. The molecule has 122 valence electrons. The van der Waals surface area contributed by atoms with Crippen LogP contribution in [0.1, 0.15) is 41.4 Å². The number of hydrogen-bond acceptors (Lipinski definition) is 4. The van der Waals surface area contributed by atoms with Crippen molar-refractivity contribution in [1.82, 2.24) is 25.1 Å². The van der Waals surface area contributed by atoms with E-state index in [4.69, 9.17) is 0 Å². The van der Waals surface area contributed by atoms with Crippen LogP contribution in [-0.4, -0.2) is 25.7 Å². The third-order valence-corrected chi connectivity index (χ3v) is 3.93. The summed E-state index contributed by atoms with van der Waals surface area (Å²) >= 11 is 0. The summed E-state index contributed by atoms with van der Waals surface area (Å²) in [4.78, 5) is 20.6. The summed E-state index contributed by atoms with van der Waals surface area (Å²) in [5.74, 6) is -0.0899. The Labute approximate surface area is 140 Å². The van der Waals surface area contributed by atoms with Crippen LogP contribution in [0.5, 0.6) is 0 Å². The predicted molar refractivity (Wildman–Crippen MR) is 90.9 cm³/mol. The van der Waals surface area contributed by atoms with Gasteiger partial charge in [0.15, 0.2) is 0 Å². The minimum atomic E-state index is -0.126. The van der Waals surface area contributed by atoms with E-state index in [0.717, 1.165) is 23.2 Å². The van der Waals surface area contributed by atoms with Gasteiger partial charge in [-0.2, -0.15) is 5.10 Å². The smallest absolute Gasteiger partial charge is 0.252 e. The van der Waals surface area contributed by atoms with E-state index < -0.39 is 0 Å². The van der Waals surface area contributed by atoms with Crippen LogP contribution in [0.4, 0.5) is 0 Å². The molecule has 3 rings (SSSR count). The second-order valence-electron chi connectivity index (χ2n) is 5.52. The molecule has 0 saturated carbocycles. The molecule has 0 bridgehead atoms. The zero-order valence-electron chi connectivity index (χ0n) is 13.7. The van der Waals surface area contributed by atoms with Crippen LogP contribution in [0.3, 0.4) is 0 Å². The first kappa shape index (κ1) is 15.9. The molecule has 0 aliphatic carbocycles. The highest BCUT2D eigenvalue weighted by atomic mass is 16.1. The van der Waals surface area contributed by atoms with Gasteiger partial charge >= 0.3 is 0 Å². The number of nitrogens with one attached hydrogen (secondary N) is 1. The van der Waals surface area contributed by atoms with Gasteiger partial charge in [-0.15, -0.1) is 0 Å². The number of aryl methyl sites for hydroxylation is 1. The van der Waals surface area contributed by atoms with E-state index in [1.165, 1.54) is 6.33 Å². The van der Waals surface area contributed by atoms with E-state index in [1.54, 1.807) is 29.5 Å². The zero-order chi connectivity index (χ0) is 16.9. The lowest BCUT2D eigenvalue weighted by molar-refractivity contribution is 0.0939. The van der Waals surface area contributed by atoms with Crippen LogP contribution < -0.4 is 5.32 Å². The number of aromatic nitrogens is 4. The summed E-state index contributed by atoms with van der Waals surface area (Å²) in [5.41, 5.74) is 3.53. The van der Waals surface area contributed by atoms with Crippen molar-refractivity contribution in [3.05, 3.63) is 72.1 Å². The fraction of sp³-hybridized carbons (Fsp3) is 0.222. The lowest BCUT2D eigenvalue weighted by atomic mass is 10.0. The fourth-order valence-corrected chi connectivity index (χ4v) is 2.57. The second kappa shape index (κ2) is 7.04. The summed E-state index contributed by atoms with van der Waals surface area (Å²) in [7, 11) is 0. The Bertz CT molecular complexity index is 829. The van der Waals surface area contributed by atoms with Gasteiger partial charge in [0, 0.05) is 18.0 Å². The van der Waals surface area contributed by atoms with Gasteiger partial charge in [0.2, 0.25) is 0 Å². The lowest BCUT2D eigenvalue weighted by Crippen LogP contribution is -2.27. The largest absolute Gasteiger partial charge is 0.346 e. The molecule has 1 aromatic carbocycles. The van der Waals surface area contributed by atoms with E-state index in [9.17, 15) is 4.79 Å². The highest BCUT2D eigenvalue weighted by Gasteiger charge is 2.14. The molecule has 0 saturated heterocycles. The van der Waals surface area contributed by atoms with Gasteiger partial charge in [-0.05, 0) is 42.7 Å². The molecule has 2 heterocycles. The first-order valence-electron chi connectivity index (χ1n) is 7.87. The Balaban J connectivity index is 1.79. The second-order valence-corrected chi connectivity index (χ2v) is 5.52. The maximum absolute atomic E-state index is 12.6. The molecular formula is C18H19N5O. The van der Waals surface area contributed by atoms with Gasteiger partial charge in [-0.1, -0.05) is 19.1 Å². The Morgan fingerprint density at radius 3 is 2.92 bits per heavy atom. The summed E-state index contributed by atoms with van der Waals surface area (Å²) in [6.45, 7) is 3.98. The van der Waals surface area contributed by atoms with Crippen LogP contribution in [0, 0.1) is 0 Å². The lowest BCUT2D eigenvalue weighted by Gasteiger charge is -2.16. The van der Waals surface area contributed by atoms with Crippen LogP contribution in [0.25, 0.3) is 5.69 Å². The highest BCUT2D eigenvalue weighted by molar-refractivity contribution is 5.95. The monoisotopic (exact) mass is 321 g/mol. The number of amides is 1. The molecule has 0 radical (unpaired) electrons. The van der Waals surface area contributed by atoms with Crippen molar-refractivity contribution < 1.29 is 4.79 Å². The van der Waals surface area contributed by atoms with Crippen molar-refractivity contribution in [3.8, 4) is 5.69 Å². The summed E-state index contributed by atoms with van der Waals surface area (Å²) in [6.07, 6.45) is 7.29. The molecule has 6 heteroatoms. The molecule has 2 aromatic heterocycles. The van der Waals surface area contributed by atoms with Gasteiger partial charge in [0.05, 0.1) is 11.7 Å². The molecular weight excluding hydrogens is 302 g/mol. The zero-order valence-corrected chi connectivity index (χ0v) is 13.7. The summed E-state index contributed by atoms with van der Waals surface area (Å²) in [5, 5.41) is 7.18. The number of hydrogen-bond donors (Lipinski definition) is 1. The Morgan fingerprint density at radius 1 is 1.29 bits per heavy atom. The molecule has 0 unspecified atom stereocenters. The van der Waals surface area contributed by atoms with E-state index in [0.29, 0.717) is 5.56 Å². The van der Waals surface area contributed by atoms with Gasteiger partial charge in [0.1, 0.15) is 12.7 Å². The number of pyridine rings is 1. The van der Waals surface area contributed by atoms with Crippen molar-refractivity contribution in [2.75, 3.05) is 0 Å². The molecule has 6 nitrogen and oxygen atoms in total. The predicted octanol–water partition coefficient (Wildman–Crippen LogP) is 2.72. The van der Waals surface area contributed by atoms with Crippen molar-refractivity contribution in [3.63, 3.8) is 0 Å². The van der Waals surface area contributed by atoms with E-state index in [-0.39, 0.29) is 11.9 Å². The summed E-state index contributed by atoms with van der Waals surface area (Å²) < 4.78 is 1.69. The Morgan fingerprint density at radius 2 is 2.17 bits per heavy atom. The maximum atomic E-state index is 12.6. The number of carbonyl (C=O) groups excluding carboxylic acids is 1. The highest BCUT2D eigenvalue weighted by Crippen LogP contribution is 2.17. The average molecular weight is 321 g/mol. The number of benzene rings is 1. The minimum Gasteiger partial charge on any atom is -0.346 e. The maximum Gasteiger partial charge on any atom is 0.252 e. The van der Waals surface area contributed by atoms with Gasteiger partial charge < -0.3 is 5.32 Å². The minimum absolute atomic E-state index is 0.0899. The van der Waals surface area contributed by atoms with E-state index >= 15 is 0 Å². The molecule has 3 aromatic rings. The van der Waals surface area contributed by atoms with Crippen LogP contribution >= 0.6 is 0 Å². The molecule has 1 atom stereocenters. The Kier molecular flexibility index (Phi) is 4.65. The third-order valence-electron chi connectivity index (χ3n) is 3.93. The molecule has 0 fully saturated rings. The van der Waals surface area contributed by atoms with Crippen LogP contribution in [-0.2, 0) is 6.42 Å². The van der Waals surface area contributed by atoms with Crippen LogP contribution in [0.15, 0.2) is 55.4 Å². The number of carbonyl (C=O) groups is 1. The molecule has 0 aliphatic rings. The molecule has 0 aliphatic heterocycles. The molecule has 24 heavy (non-hydrogen) atoms. The van der Waals surface area contributed by atoms with Gasteiger partial charge in [-0.25, -0.2) is 9.67 Å². The van der Waals surface area contributed by atoms with Crippen molar-refractivity contribution in [2.24, 2.45) is 0 Å².